The lowest BCUT2D eigenvalue weighted by Crippen LogP contribution is -2.37. The number of nitrogens with zero attached hydrogens (tertiary/aromatic N) is 5. The minimum atomic E-state index is -0.581. The number of pyridine rings is 2. The average molecular weight is 520 g/mol. The zero-order chi connectivity index (χ0) is 28.1. The van der Waals surface area contributed by atoms with Crippen LogP contribution in [0.25, 0.3) is 11.9 Å². The van der Waals surface area contributed by atoms with Gasteiger partial charge in [-0.25, -0.2) is 9.97 Å². The van der Waals surface area contributed by atoms with Gasteiger partial charge in [-0.15, -0.1) is 0 Å². The first-order valence-electron chi connectivity index (χ1n) is 13.4. The van der Waals surface area contributed by atoms with Gasteiger partial charge in [0.1, 0.15) is 11.5 Å². The van der Waals surface area contributed by atoms with E-state index in [0.717, 1.165) is 31.6 Å². The van der Waals surface area contributed by atoms with Crippen LogP contribution in [0.1, 0.15) is 82.2 Å². The Hall–Kier alpha value is -3.85. The number of nitrogens with two attached hydrogens (primary N) is 1. The molecule has 0 spiro atoms. The number of piperidine rings is 1. The number of primary amides is 1. The smallest absolute Gasteiger partial charge is 0.275 e. The van der Waals surface area contributed by atoms with E-state index in [4.69, 9.17) is 10.8 Å². The number of hydrogen-bond acceptors (Lipinski definition) is 6. The minimum Gasteiger partial charge on any atom is -0.366 e. The van der Waals surface area contributed by atoms with Gasteiger partial charge in [-0.05, 0) is 70.1 Å². The van der Waals surface area contributed by atoms with Gasteiger partial charge in [-0.3, -0.25) is 9.59 Å². The van der Waals surface area contributed by atoms with E-state index in [9.17, 15) is 9.59 Å². The SMILES string of the molecule is CC.CC.CC(C)N1CCC(c2cc(NC(=O)c3cccc(/C=C/C(N)=O)n3)n(-c3ccccn3)n2)CC1. The molecule has 3 N–H and O–H groups in total. The molecule has 0 unspecified atom stereocenters. The Labute approximate surface area is 226 Å². The number of amides is 2. The molecule has 38 heavy (non-hydrogen) atoms. The number of carbonyl (C=O) groups is 2. The summed E-state index contributed by atoms with van der Waals surface area (Å²) < 4.78 is 1.67. The van der Waals surface area contributed by atoms with Gasteiger partial charge >= 0.3 is 0 Å². The summed E-state index contributed by atoms with van der Waals surface area (Å²) in [6.07, 6.45) is 6.40. The molecule has 2 amide bonds. The number of aromatic nitrogens is 4. The van der Waals surface area contributed by atoms with Crippen LogP contribution >= 0.6 is 0 Å². The molecule has 4 rings (SSSR count). The molecular formula is C29H41N7O2. The number of anilines is 1. The maximum Gasteiger partial charge on any atom is 0.275 e. The number of rotatable bonds is 7. The van der Waals surface area contributed by atoms with Crippen molar-refractivity contribution in [2.45, 2.75) is 66.3 Å². The topological polar surface area (TPSA) is 119 Å². The van der Waals surface area contributed by atoms with Gasteiger partial charge in [0.05, 0.1) is 11.4 Å². The summed E-state index contributed by atoms with van der Waals surface area (Å²) in [6, 6.07) is 13.0. The zero-order valence-corrected chi connectivity index (χ0v) is 23.4. The first-order chi connectivity index (χ1) is 18.4. The predicted molar refractivity (Wildman–Crippen MR) is 153 cm³/mol. The van der Waals surface area contributed by atoms with Gasteiger partial charge in [0, 0.05) is 30.3 Å². The van der Waals surface area contributed by atoms with E-state index < -0.39 is 5.91 Å². The maximum atomic E-state index is 13.0. The van der Waals surface area contributed by atoms with Crippen LogP contribution in [0.4, 0.5) is 5.82 Å². The van der Waals surface area contributed by atoms with E-state index in [-0.39, 0.29) is 11.6 Å². The van der Waals surface area contributed by atoms with Crippen molar-refractivity contribution in [3.05, 3.63) is 71.8 Å². The third-order valence-corrected chi connectivity index (χ3v) is 5.94. The first kappa shape index (κ1) is 30.4. The van der Waals surface area contributed by atoms with Gasteiger partial charge in [0.2, 0.25) is 5.91 Å². The summed E-state index contributed by atoms with van der Waals surface area (Å²) in [7, 11) is 0. The largest absolute Gasteiger partial charge is 0.366 e. The molecule has 0 radical (unpaired) electrons. The number of carbonyl (C=O) groups excluding carboxylic acids is 2. The predicted octanol–water partition coefficient (Wildman–Crippen LogP) is 5.05. The Bertz CT molecular complexity index is 1180. The normalized spacial score (nSPS) is 13.9. The van der Waals surface area contributed by atoms with E-state index in [1.165, 1.54) is 12.2 Å². The summed E-state index contributed by atoms with van der Waals surface area (Å²) in [6.45, 7) is 14.5. The molecule has 0 aliphatic carbocycles. The number of nitrogens with one attached hydrogen (secondary N) is 1. The highest BCUT2D eigenvalue weighted by Gasteiger charge is 2.26. The van der Waals surface area contributed by atoms with Gasteiger partial charge in [0.15, 0.2) is 5.82 Å². The van der Waals surface area contributed by atoms with Crippen molar-refractivity contribution in [2.24, 2.45) is 5.73 Å². The molecule has 3 aromatic heterocycles. The molecular weight excluding hydrogens is 478 g/mol. The molecule has 204 valence electrons. The van der Waals surface area contributed by atoms with Crippen LogP contribution in [0.15, 0.2) is 54.7 Å². The van der Waals surface area contributed by atoms with Crippen molar-refractivity contribution in [3.8, 4) is 5.82 Å². The van der Waals surface area contributed by atoms with Crippen LogP contribution in [0, 0.1) is 0 Å². The molecule has 4 heterocycles. The molecule has 0 saturated carbocycles. The summed E-state index contributed by atoms with van der Waals surface area (Å²) >= 11 is 0. The third kappa shape index (κ3) is 8.34. The highest BCUT2D eigenvalue weighted by atomic mass is 16.2. The fourth-order valence-electron chi connectivity index (χ4n) is 4.07. The van der Waals surface area contributed by atoms with Gasteiger partial charge in [-0.2, -0.15) is 9.78 Å². The Morgan fingerprint density at radius 3 is 2.37 bits per heavy atom. The summed E-state index contributed by atoms with van der Waals surface area (Å²) in [5.41, 5.74) is 6.76. The standard InChI is InChI=1S/C25H29N7O2.2C2H6/c1-17(2)31-14-11-18(12-15-31)21-16-24(32(30-21)23-8-3-4-13-27-23)29-25(34)20-7-5-6-19(28-20)9-10-22(26)33;2*1-2/h3-10,13,16-18H,11-12,14-15H2,1-2H3,(H2,26,33)(H,29,34);2*1-2H3/b10-9+;;. The van der Waals surface area contributed by atoms with Crippen LogP contribution in [0.5, 0.6) is 0 Å². The molecule has 1 aliphatic heterocycles. The molecule has 0 aromatic carbocycles. The molecule has 1 aliphatic rings. The Kier molecular flexibility index (Phi) is 12.3. The van der Waals surface area contributed by atoms with Crippen molar-refractivity contribution in [3.63, 3.8) is 0 Å². The van der Waals surface area contributed by atoms with Crippen molar-refractivity contribution < 1.29 is 9.59 Å². The second-order valence-corrected chi connectivity index (χ2v) is 8.60. The molecule has 3 aromatic rings. The average Bonchev–Trinajstić information content (AvgIpc) is 3.38. The monoisotopic (exact) mass is 519 g/mol. The molecule has 9 nitrogen and oxygen atoms in total. The van der Waals surface area contributed by atoms with E-state index in [1.54, 1.807) is 29.1 Å². The lowest BCUT2D eigenvalue weighted by atomic mass is 9.93. The highest BCUT2D eigenvalue weighted by molar-refractivity contribution is 6.02. The molecule has 9 heteroatoms. The van der Waals surface area contributed by atoms with Gasteiger partial charge in [-0.1, -0.05) is 39.8 Å². The van der Waals surface area contributed by atoms with E-state index in [0.29, 0.717) is 29.3 Å². The Morgan fingerprint density at radius 1 is 1.05 bits per heavy atom. The van der Waals surface area contributed by atoms with Crippen molar-refractivity contribution in [1.82, 2.24) is 24.6 Å². The van der Waals surface area contributed by atoms with Crippen LogP contribution in [-0.4, -0.2) is 55.6 Å². The third-order valence-electron chi connectivity index (χ3n) is 5.94. The summed E-state index contributed by atoms with van der Waals surface area (Å²) in [4.78, 5) is 35.2. The van der Waals surface area contributed by atoms with Crippen LogP contribution < -0.4 is 11.1 Å². The molecule has 1 saturated heterocycles. The highest BCUT2D eigenvalue weighted by Crippen LogP contribution is 2.30. The van der Waals surface area contributed by atoms with E-state index in [2.05, 4.69) is 34.0 Å². The van der Waals surface area contributed by atoms with Gasteiger partial charge in [0.25, 0.3) is 5.91 Å². The zero-order valence-electron chi connectivity index (χ0n) is 23.4. The van der Waals surface area contributed by atoms with Crippen molar-refractivity contribution in [2.75, 3.05) is 18.4 Å². The summed E-state index contributed by atoms with van der Waals surface area (Å²) in [5, 5.41) is 7.76. The van der Waals surface area contributed by atoms with E-state index in [1.807, 2.05) is 52.0 Å². The van der Waals surface area contributed by atoms with Crippen LogP contribution in [0.3, 0.4) is 0 Å². The van der Waals surface area contributed by atoms with Crippen molar-refractivity contribution >= 4 is 23.7 Å². The summed E-state index contributed by atoms with van der Waals surface area (Å²) in [5.74, 6) is 0.505. The maximum absolute atomic E-state index is 13.0. The quantitative estimate of drug-likeness (QED) is 0.422. The first-order valence-corrected chi connectivity index (χ1v) is 13.4. The van der Waals surface area contributed by atoms with Crippen LogP contribution in [-0.2, 0) is 4.79 Å². The van der Waals surface area contributed by atoms with Crippen molar-refractivity contribution in [1.29, 1.82) is 0 Å². The van der Waals surface area contributed by atoms with E-state index >= 15 is 0 Å². The number of hydrogen-bond donors (Lipinski definition) is 2. The fourth-order valence-corrected chi connectivity index (χ4v) is 4.07. The minimum absolute atomic E-state index is 0.215. The Morgan fingerprint density at radius 2 is 1.76 bits per heavy atom. The van der Waals surface area contributed by atoms with Gasteiger partial charge < -0.3 is 16.0 Å². The van der Waals surface area contributed by atoms with Crippen LogP contribution in [0.2, 0.25) is 0 Å². The Balaban J connectivity index is 0.00000121. The lowest BCUT2D eigenvalue weighted by Gasteiger charge is -2.33. The lowest BCUT2D eigenvalue weighted by molar-refractivity contribution is -0.113. The molecule has 0 bridgehead atoms. The fraction of sp³-hybridized carbons (Fsp3) is 0.414. The number of likely N-dealkylation sites (tertiary alicyclic amines) is 1. The molecule has 1 fully saturated rings. The second-order valence-electron chi connectivity index (χ2n) is 8.60. The molecule has 0 atom stereocenters. The second kappa shape index (κ2) is 15.4.